The summed E-state index contributed by atoms with van der Waals surface area (Å²) in [5, 5.41) is 8.43. The number of imide groups is 1. The van der Waals surface area contributed by atoms with E-state index in [1.165, 1.54) is 11.5 Å². The molecule has 3 aliphatic heterocycles. The largest absolute Gasteiger partial charge is 0.343 e. The SMILES string of the molecule is CC(=O)CC[C@H](NC(=O)[C@@H]1CC[C@@H]2CCN(C(=O)CC3CCC(Cc4ccc5c(c4)n(C)c(=O)n5[C@H]4CCC(=O)NC4=O)CC3)C[C@H](C)C(=O)N21)C(=O)NC(c1ccccc1)c1ccccc1. The highest BCUT2D eigenvalue weighted by molar-refractivity contribution is 6.00. The minimum atomic E-state index is -0.997. The predicted molar refractivity (Wildman–Crippen MR) is 251 cm³/mol. The average Bonchev–Trinajstić information content (AvgIpc) is 3.85. The zero-order valence-electron chi connectivity index (χ0n) is 38.8. The number of Topliss-reactive ketones (excluding diaryl/α,β-unsaturated/α-hetero) is 1. The van der Waals surface area contributed by atoms with Gasteiger partial charge in [-0.1, -0.05) is 73.7 Å². The Labute approximate surface area is 391 Å². The molecule has 0 spiro atoms. The lowest BCUT2D eigenvalue weighted by atomic mass is 9.78. The number of hydrogen-bond donors (Lipinski definition) is 3. The monoisotopic (exact) mass is 913 g/mol. The van der Waals surface area contributed by atoms with Gasteiger partial charge in [-0.25, -0.2) is 4.79 Å². The highest BCUT2D eigenvalue weighted by atomic mass is 16.2. The second-order valence-corrected chi connectivity index (χ2v) is 19.4. The van der Waals surface area contributed by atoms with Crippen LogP contribution in [0.25, 0.3) is 11.0 Å². The summed E-state index contributed by atoms with van der Waals surface area (Å²) < 4.78 is 3.07. The molecule has 4 aromatic rings. The quantitative estimate of drug-likeness (QED) is 0.147. The third-order valence-electron chi connectivity index (χ3n) is 14.7. The first kappa shape index (κ1) is 47.1. The molecule has 5 atom stereocenters. The van der Waals surface area contributed by atoms with Crippen LogP contribution in [0.15, 0.2) is 83.7 Å². The number of aryl methyl sites for hydroxylation is 1. The molecule has 4 aliphatic rings. The van der Waals surface area contributed by atoms with Crippen molar-refractivity contribution in [2.24, 2.45) is 24.8 Å². The molecule has 0 radical (unpaired) electrons. The van der Waals surface area contributed by atoms with Crippen molar-refractivity contribution < 1.29 is 33.6 Å². The molecule has 1 aliphatic carbocycles. The Morgan fingerprint density at radius 3 is 2.10 bits per heavy atom. The first-order valence-corrected chi connectivity index (χ1v) is 24.1. The van der Waals surface area contributed by atoms with Crippen molar-refractivity contribution in [2.75, 3.05) is 13.1 Å². The van der Waals surface area contributed by atoms with Crippen LogP contribution in [0.1, 0.15) is 120 Å². The average molecular weight is 914 g/mol. The van der Waals surface area contributed by atoms with E-state index in [0.717, 1.165) is 54.3 Å². The lowest BCUT2D eigenvalue weighted by molar-refractivity contribution is -0.147. The van der Waals surface area contributed by atoms with Crippen LogP contribution in [0.5, 0.6) is 0 Å². The zero-order chi connectivity index (χ0) is 47.4. The molecule has 67 heavy (non-hydrogen) atoms. The molecule has 4 fully saturated rings. The second kappa shape index (κ2) is 20.6. The van der Waals surface area contributed by atoms with E-state index in [-0.39, 0.29) is 73.4 Å². The van der Waals surface area contributed by atoms with Gasteiger partial charge in [-0.05, 0) is 112 Å². The predicted octanol–water partition coefficient (Wildman–Crippen LogP) is 5.04. The Balaban J connectivity index is 0.847. The number of fused-ring (bicyclic) bond motifs is 2. The summed E-state index contributed by atoms with van der Waals surface area (Å²) in [6.45, 7) is 4.03. The molecule has 0 bridgehead atoms. The van der Waals surface area contributed by atoms with Crippen molar-refractivity contribution in [1.82, 2.24) is 34.9 Å². The Kier molecular flexibility index (Phi) is 14.5. The summed E-state index contributed by atoms with van der Waals surface area (Å²) in [5.74, 6) is -1.68. The zero-order valence-corrected chi connectivity index (χ0v) is 38.8. The van der Waals surface area contributed by atoms with Gasteiger partial charge in [0.2, 0.25) is 35.4 Å². The van der Waals surface area contributed by atoms with E-state index < -0.39 is 47.8 Å². The fraction of sp³-hybridized carbons (Fsp3) is 0.500. The number of imidazole rings is 1. The Hall–Kier alpha value is -6.38. The van der Waals surface area contributed by atoms with Gasteiger partial charge in [-0.15, -0.1) is 0 Å². The van der Waals surface area contributed by atoms with E-state index in [9.17, 15) is 38.4 Å². The summed E-state index contributed by atoms with van der Waals surface area (Å²) in [7, 11) is 1.70. The number of ketones is 1. The van der Waals surface area contributed by atoms with Crippen LogP contribution in [0.3, 0.4) is 0 Å². The number of nitrogens with zero attached hydrogens (tertiary/aromatic N) is 4. The Morgan fingerprint density at radius 2 is 1.45 bits per heavy atom. The minimum Gasteiger partial charge on any atom is -0.343 e. The van der Waals surface area contributed by atoms with Crippen LogP contribution < -0.4 is 21.6 Å². The molecule has 4 heterocycles. The van der Waals surface area contributed by atoms with E-state index in [0.29, 0.717) is 43.7 Å². The molecular weight excluding hydrogens is 851 g/mol. The minimum absolute atomic E-state index is 0.0550. The number of piperidine rings is 1. The molecule has 8 rings (SSSR count). The smallest absolute Gasteiger partial charge is 0.329 e. The third-order valence-corrected chi connectivity index (χ3v) is 14.7. The van der Waals surface area contributed by atoms with Crippen molar-refractivity contribution in [3.05, 3.63) is 106 Å². The van der Waals surface area contributed by atoms with Crippen LogP contribution in [-0.2, 0) is 47.0 Å². The number of amides is 6. The van der Waals surface area contributed by atoms with E-state index in [4.69, 9.17) is 0 Å². The summed E-state index contributed by atoms with van der Waals surface area (Å²) in [6, 6.07) is 21.9. The first-order valence-electron chi connectivity index (χ1n) is 24.1. The van der Waals surface area contributed by atoms with Crippen LogP contribution >= 0.6 is 0 Å². The van der Waals surface area contributed by atoms with Crippen molar-refractivity contribution in [3.63, 3.8) is 0 Å². The van der Waals surface area contributed by atoms with Gasteiger partial charge >= 0.3 is 5.69 Å². The number of carbonyl (C=O) groups is 7. The maximum absolute atomic E-state index is 14.2. The number of benzene rings is 3. The number of rotatable bonds is 14. The molecule has 3 saturated heterocycles. The van der Waals surface area contributed by atoms with Gasteiger partial charge < -0.3 is 25.2 Å². The maximum Gasteiger partial charge on any atom is 0.329 e. The third kappa shape index (κ3) is 10.6. The second-order valence-electron chi connectivity index (χ2n) is 19.4. The normalized spacial score (nSPS) is 23.9. The Morgan fingerprint density at radius 1 is 0.776 bits per heavy atom. The van der Waals surface area contributed by atoms with Gasteiger partial charge in [0.25, 0.3) is 0 Å². The highest BCUT2D eigenvalue weighted by Gasteiger charge is 2.45. The van der Waals surface area contributed by atoms with E-state index in [1.807, 2.05) is 90.7 Å². The van der Waals surface area contributed by atoms with E-state index in [1.54, 1.807) is 16.5 Å². The highest BCUT2D eigenvalue weighted by Crippen LogP contribution is 2.36. The molecule has 3 N–H and O–H groups in total. The fourth-order valence-electron chi connectivity index (χ4n) is 10.9. The van der Waals surface area contributed by atoms with Gasteiger partial charge in [0.05, 0.1) is 23.0 Å². The van der Waals surface area contributed by atoms with Gasteiger partial charge in [0.1, 0.15) is 23.9 Å². The van der Waals surface area contributed by atoms with Crippen molar-refractivity contribution >= 4 is 52.3 Å². The fourth-order valence-corrected chi connectivity index (χ4v) is 10.9. The van der Waals surface area contributed by atoms with Crippen LogP contribution in [0.2, 0.25) is 0 Å². The molecular formula is C52H63N7O8. The molecule has 1 aromatic heterocycles. The van der Waals surface area contributed by atoms with Crippen molar-refractivity contribution in [1.29, 1.82) is 0 Å². The lowest BCUT2D eigenvalue weighted by Crippen LogP contribution is -2.57. The molecule has 1 saturated carbocycles. The number of hydrogen-bond acceptors (Lipinski definition) is 8. The van der Waals surface area contributed by atoms with Crippen molar-refractivity contribution in [2.45, 2.75) is 128 Å². The molecule has 0 unspecified atom stereocenters. The maximum atomic E-state index is 14.2. The van der Waals surface area contributed by atoms with Gasteiger partial charge in [0.15, 0.2) is 0 Å². The van der Waals surface area contributed by atoms with Crippen LogP contribution in [0.4, 0.5) is 0 Å². The topological polar surface area (TPSA) is 189 Å². The summed E-state index contributed by atoms with van der Waals surface area (Å²) in [4.78, 5) is 110. The molecule has 3 aromatic carbocycles. The molecule has 354 valence electrons. The molecule has 15 nitrogen and oxygen atoms in total. The van der Waals surface area contributed by atoms with Crippen LogP contribution in [0, 0.1) is 17.8 Å². The van der Waals surface area contributed by atoms with Gasteiger partial charge in [-0.2, -0.15) is 0 Å². The number of carbonyl (C=O) groups excluding carboxylic acids is 7. The van der Waals surface area contributed by atoms with Gasteiger partial charge in [0, 0.05) is 45.4 Å². The number of nitrogens with one attached hydrogen (secondary N) is 3. The van der Waals surface area contributed by atoms with Crippen molar-refractivity contribution in [3.8, 4) is 0 Å². The summed E-state index contributed by atoms with van der Waals surface area (Å²) in [6.07, 6.45) is 7.33. The molecule has 15 heteroatoms. The standard InChI is InChI=1S/C52H63N7O8/c1-32-31-57(46(62)30-35-17-15-34(16-18-35)28-36-19-22-41-44(29-36)56(3)52(67)59(41)43-24-25-45(61)54-50(43)65)27-26-39-20-23-42(58(39)51(32)66)49(64)53-40(21-14-33(2)60)48(63)55-47(37-10-6-4-7-11-37)38-12-8-5-9-13-38/h4-13,19,22,29,32,34-35,39-40,42-43,47H,14-18,20-21,23-28,30-31H2,1-3H3,(H,53,64)(H,55,63)(H,54,61,65)/t32-,34?,35?,39+,40-,42-,43-/m0/s1. The number of aromatic nitrogens is 2. The van der Waals surface area contributed by atoms with Crippen LogP contribution in [-0.4, -0.2) is 91.4 Å². The molecule has 6 amide bonds. The van der Waals surface area contributed by atoms with E-state index >= 15 is 0 Å². The van der Waals surface area contributed by atoms with Gasteiger partial charge in [-0.3, -0.25) is 43.2 Å². The van der Waals surface area contributed by atoms with E-state index in [2.05, 4.69) is 16.0 Å². The first-order chi connectivity index (χ1) is 32.2. The summed E-state index contributed by atoms with van der Waals surface area (Å²) in [5.41, 5.74) is 3.99. The lowest BCUT2D eigenvalue weighted by Gasteiger charge is -2.38. The Bertz CT molecular complexity index is 2520. The summed E-state index contributed by atoms with van der Waals surface area (Å²) >= 11 is 0.